The number of amides is 1. The van der Waals surface area contributed by atoms with E-state index in [1.54, 1.807) is 6.07 Å². The minimum atomic E-state index is -0.110. The number of hydrogen-bond acceptors (Lipinski definition) is 2. The van der Waals surface area contributed by atoms with Crippen molar-refractivity contribution in [3.05, 3.63) is 17.5 Å². The summed E-state index contributed by atoms with van der Waals surface area (Å²) in [4.78, 5) is 11.2. The fourth-order valence-corrected chi connectivity index (χ4v) is 0.863. The van der Waals surface area contributed by atoms with E-state index < -0.39 is 0 Å². The van der Waals surface area contributed by atoms with Crippen molar-refractivity contribution in [1.82, 2.24) is 15.5 Å². The minimum Gasteiger partial charge on any atom is -0.351 e. The molecule has 0 bridgehead atoms. The third kappa shape index (κ3) is 2.08. The number of nitrogens with zero attached hydrogens (tertiary/aromatic N) is 1. The Balaban J connectivity index is 2.53. The van der Waals surface area contributed by atoms with Gasteiger partial charge in [-0.2, -0.15) is 5.10 Å². The van der Waals surface area contributed by atoms with E-state index >= 15 is 0 Å². The highest BCUT2D eigenvalue weighted by Crippen LogP contribution is 1.96. The van der Waals surface area contributed by atoms with Crippen molar-refractivity contribution in [2.45, 2.75) is 20.3 Å². The minimum absolute atomic E-state index is 0.110. The molecule has 1 aromatic rings. The van der Waals surface area contributed by atoms with Gasteiger partial charge in [0.2, 0.25) is 0 Å². The third-order valence-corrected chi connectivity index (χ3v) is 1.47. The molecule has 1 aromatic heterocycles. The second-order valence-electron chi connectivity index (χ2n) is 2.69. The van der Waals surface area contributed by atoms with Crippen molar-refractivity contribution in [3.63, 3.8) is 0 Å². The summed E-state index contributed by atoms with van der Waals surface area (Å²) in [7, 11) is 0. The number of aryl methyl sites for hydroxylation is 1. The van der Waals surface area contributed by atoms with Gasteiger partial charge < -0.3 is 5.32 Å². The summed E-state index contributed by atoms with van der Waals surface area (Å²) < 4.78 is 0. The normalized spacial score (nSPS) is 9.83. The van der Waals surface area contributed by atoms with E-state index in [9.17, 15) is 4.79 Å². The van der Waals surface area contributed by atoms with Gasteiger partial charge in [-0.15, -0.1) is 0 Å². The molecule has 1 heterocycles. The first-order valence-corrected chi connectivity index (χ1v) is 4.04. The lowest BCUT2D eigenvalue weighted by molar-refractivity contribution is 0.0948. The number of carbonyl (C=O) groups is 1. The Kier molecular flexibility index (Phi) is 2.85. The number of H-pyrrole nitrogens is 1. The number of rotatable bonds is 3. The number of carbonyl (C=O) groups excluding carboxylic acids is 1. The van der Waals surface area contributed by atoms with Crippen LogP contribution in [-0.2, 0) is 0 Å². The number of nitrogens with one attached hydrogen (secondary N) is 2. The van der Waals surface area contributed by atoms with E-state index in [4.69, 9.17) is 0 Å². The second-order valence-corrected chi connectivity index (χ2v) is 2.69. The Bertz CT molecular complexity index is 267. The number of aromatic nitrogens is 2. The van der Waals surface area contributed by atoms with Crippen LogP contribution in [0.1, 0.15) is 29.5 Å². The van der Waals surface area contributed by atoms with Crippen molar-refractivity contribution in [1.29, 1.82) is 0 Å². The zero-order valence-corrected chi connectivity index (χ0v) is 7.35. The van der Waals surface area contributed by atoms with Crippen LogP contribution in [-0.4, -0.2) is 22.6 Å². The molecule has 0 aliphatic carbocycles. The van der Waals surface area contributed by atoms with E-state index in [1.165, 1.54) is 0 Å². The van der Waals surface area contributed by atoms with Gasteiger partial charge in [0.1, 0.15) is 5.69 Å². The Hall–Kier alpha value is -1.32. The van der Waals surface area contributed by atoms with Crippen LogP contribution in [0.25, 0.3) is 0 Å². The van der Waals surface area contributed by atoms with Gasteiger partial charge in [0.05, 0.1) is 0 Å². The number of hydrogen-bond donors (Lipinski definition) is 2. The first-order chi connectivity index (χ1) is 5.74. The summed E-state index contributed by atoms with van der Waals surface area (Å²) >= 11 is 0. The maximum Gasteiger partial charge on any atom is 0.271 e. The van der Waals surface area contributed by atoms with Crippen LogP contribution in [0.3, 0.4) is 0 Å². The molecule has 0 radical (unpaired) electrons. The summed E-state index contributed by atoms with van der Waals surface area (Å²) in [6.07, 6.45) is 0.940. The van der Waals surface area contributed by atoms with E-state index in [1.807, 2.05) is 13.8 Å². The van der Waals surface area contributed by atoms with Crippen LogP contribution in [0.4, 0.5) is 0 Å². The maximum atomic E-state index is 11.2. The highest BCUT2D eigenvalue weighted by atomic mass is 16.1. The average Bonchev–Trinajstić information content (AvgIpc) is 2.47. The smallest absolute Gasteiger partial charge is 0.271 e. The largest absolute Gasteiger partial charge is 0.351 e. The quantitative estimate of drug-likeness (QED) is 0.701. The van der Waals surface area contributed by atoms with Gasteiger partial charge >= 0.3 is 0 Å². The summed E-state index contributed by atoms with van der Waals surface area (Å²) in [5.41, 5.74) is 1.36. The molecule has 4 nitrogen and oxygen atoms in total. The molecular formula is C8H13N3O. The van der Waals surface area contributed by atoms with Gasteiger partial charge in [0.25, 0.3) is 5.91 Å². The summed E-state index contributed by atoms with van der Waals surface area (Å²) in [6.45, 7) is 4.57. The predicted octanol–water partition coefficient (Wildman–Crippen LogP) is 0.858. The predicted molar refractivity (Wildman–Crippen MR) is 45.9 cm³/mol. The molecule has 0 saturated heterocycles. The van der Waals surface area contributed by atoms with Gasteiger partial charge in [0, 0.05) is 12.2 Å². The first-order valence-electron chi connectivity index (χ1n) is 4.04. The van der Waals surface area contributed by atoms with Crippen molar-refractivity contribution >= 4 is 5.91 Å². The zero-order chi connectivity index (χ0) is 8.97. The molecule has 4 heteroatoms. The van der Waals surface area contributed by atoms with Crippen LogP contribution in [0.2, 0.25) is 0 Å². The molecule has 12 heavy (non-hydrogen) atoms. The molecule has 0 aliphatic rings. The Morgan fingerprint density at radius 2 is 2.50 bits per heavy atom. The standard InChI is InChI=1S/C8H13N3O/c1-3-4-9-8(12)7-5-6(2)10-11-7/h5H,3-4H2,1-2H3,(H,9,12)(H,10,11). The monoisotopic (exact) mass is 167 g/mol. The molecule has 0 atom stereocenters. The van der Waals surface area contributed by atoms with Crippen LogP contribution in [0.5, 0.6) is 0 Å². The fourth-order valence-electron chi connectivity index (χ4n) is 0.863. The first kappa shape index (κ1) is 8.77. The molecule has 0 unspecified atom stereocenters. The third-order valence-electron chi connectivity index (χ3n) is 1.47. The fraction of sp³-hybridized carbons (Fsp3) is 0.500. The second kappa shape index (κ2) is 3.90. The SMILES string of the molecule is CCCNC(=O)c1cc(C)[nH]n1. The van der Waals surface area contributed by atoms with E-state index in [-0.39, 0.29) is 5.91 Å². The van der Waals surface area contributed by atoms with Gasteiger partial charge in [0.15, 0.2) is 0 Å². The van der Waals surface area contributed by atoms with E-state index in [0.717, 1.165) is 12.1 Å². The number of aromatic amines is 1. The maximum absolute atomic E-state index is 11.2. The van der Waals surface area contributed by atoms with Gasteiger partial charge in [-0.05, 0) is 19.4 Å². The Labute approximate surface area is 71.4 Å². The molecular weight excluding hydrogens is 154 g/mol. The molecule has 0 spiro atoms. The lowest BCUT2D eigenvalue weighted by Gasteiger charge is -1.97. The van der Waals surface area contributed by atoms with Crippen LogP contribution >= 0.6 is 0 Å². The molecule has 1 rings (SSSR count). The van der Waals surface area contributed by atoms with Crippen molar-refractivity contribution in [3.8, 4) is 0 Å². The molecule has 0 fully saturated rings. The van der Waals surface area contributed by atoms with Crippen LogP contribution in [0.15, 0.2) is 6.07 Å². The summed E-state index contributed by atoms with van der Waals surface area (Å²) in [5.74, 6) is -0.110. The van der Waals surface area contributed by atoms with Crippen molar-refractivity contribution in [2.24, 2.45) is 0 Å². The van der Waals surface area contributed by atoms with Crippen LogP contribution in [0, 0.1) is 6.92 Å². The molecule has 0 aliphatic heterocycles. The molecule has 0 saturated carbocycles. The molecule has 0 aromatic carbocycles. The van der Waals surface area contributed by atoms with Crippen molar-refractivity contribution in [2.75, 3.05) is 6.54 Å². The summed E-state index contributed by atoms with van der Waals surface area (Å²) in [6, 6.07) is 1.73. The van der Waals surface area contributed by atoms with Gasteiger partial charge in [-0.3, -0.25) is 9.89 Å². The Morgan fingerprint density at radius 3 is 3.00 bits per heavy atom. The lowest BCUT2D eigenvalue weighted by Crippen LogP contribution is -2.24. The highest BCUT2D eigenvalue weighted by molar-refractivity contribution is 5.92. The molecule has 1 amide bonds. The Morgan fingerprint density at radius 1 is 1.75 bits per heavy atom. The molecule has 2 N–H and O–H groups in total. The molecule has 66 valence electrons. The van der Waals surface area contributed by atoms with Gasteiger partial charge in [-0.25, -0.2) is 0 Å². The van der Waals surface area contributed by atoms with E-state index in [2.05, 4.69) is 15.5 Å². The van der Waals surface area contributed by atoms with Crippen molar-refractivity contribution < 1.29 is 4.79 Å². The topological polar surface area (TPSA) is 57.8 Å². The lowest BCUT2D eigenvalue weighted by atomic mass is 10.3. The average molecular weight is 167 g/mol. The zero-order valence-electron chi connectivity index (χ0n) is 7.35. The van der Waals surface area contributed by atoms with Crippen LogP contribution < -0.4 is 5.32 Å². The highest BCUT2D eigenvalue weighted by Gasteiger charge is 2.06. The van der Waals surface area contributed by atoms with Gasteiger partial charge in [-0.1, -0.05) is 6.92 Å². The summed E-state index contributed by atoms with van der Waals surface area (Å²) in [5, 5.41) is 9.29. The van der Waals surface area contributed by atoms with E-state index in [0.29, 0.717) is 12.2 Å².